The highest BCUT2D eigenvalue weighted by Crippen LogP contribution is 2.39. The third-order valence-corrected chi connectivity index (χ3v) is 5.72. The maximum atomic E-state index is 13.3. The molecular weight excluding hydrogens is 511 g/mol. The van der Waals surface area contributed by atoms with Gasteiger partial charge >= 0.3 is 12.0 Å². The van der Waals surface area contributed by atoms with Gasteiger partial charge in [-0.15, -0.1) is 0 Å². The van der Waals surface area contributed by atoms with E-state index in [1.807, 2.05) is 0 Å². The molecule has 0 unspecified atom stereocenters. The van der Waals surface area contributed by atoms with Crippen LogP contribution in [0.5, 0.6) is 5.75 Å². The number of esters is 1. The minimum Gasteiger partial charge on any atom is -0.493 e. The highest BCUT2D eigenvalue weighted by atomic mass is 35.5. The molecule has 0 bridgehead atoms. The van der Waals surface area contributed by atoms with E-state index in [4.69, 9.17) is 37.1 Å². The molecule has 3 N–H and O–H groups in total. The van der Waals surface area contributed by atoms with Crippen molar-refractivity contribution in [2.24, 2.45) is 0 Å². The van der Waals surface area contributed by atoms with E-state index in [2.05, 4.69) is 20.9 Å². The number of rotatable bonds is 7. The first-order chi connectivity index (χ1) is 17.3. The van der Waals surface area contributed by atoms with Gasteiger partial charge in [0.1, 0.15) is 5.58 Å². The quantitative estimate of drug-likeness (QED) is 0.210. The third-order valence-electron chi connectivity index (χ3n) is 5.15. The zero-order valence-corrected chi connectivity index (χ0v) is 20.6. The molecule has 0 fully saturated rings. The molecule has 186 valence electrons. The maximum Gasteiger partial charge on any atom is 0.321 e. The number of ether oxygens (including phenoxy) is 2. The molecule has 0 saturated carbocycles. The summed E-state index contributed by atoms with van der Waals surface area (Å²) >= 11 is 12.3. The largest absolute Gasteiger partial charge is 0.493 e. The molecule has 36 heavy (non-hydrogen) atoms. The van der Waals surface area contributed by atoms with Crippen molar-refractivity contribution >= 4 is 74.4 Å². The molecule has 0 aliphatic heterocycles. The average Bonchev–Trinajstić information content (AvgIpc) is 3.24. The minimum atomic E-state index is -0.580. The van der Waals surface area contributed by atoms with Gasteiger partial charge in [0.15, 0.2) is 18.1 Å². The second-order valence-corrected chi connectivity index (χ2v) is 8.22. The Kier molecular flexibility index (Phi) is 7.47. The lowest BCUT2D eigenvalue weighted by Crippen LogP contribution is -2.31. The van der Waals surface area contributed by atoms with Crippen LogP contribution in [0.4, 0.5) is 16.2 Å². The van der Waals surface area contributed by atoms with Crippen molar-refractivity contribution in [3.8, 4) is 5.75 Å². The lowest BCUT2D eigenvalue weighted by atomic mass is 10.0. The molecule has 2 heterocycles. The molecule has 2 aromatic heterocycles. The average molecular weight is 531 g/mol. The summed E-state index contributed by atoms with van der Waals surface area (Å²) in [7, 11) is 1.49. The summed E-state index contributed by atoms with van der Waals surface area (Å²) in [5, 5.41) is 9.18. The number of anilines is 2. The van der Waals surface area contributed by atoms with E-state index in [1.54, 1.807) is 37.3 Å². The highest BCUT2D eigenvalue weighted by Gasteiger charge is 2.21. The van der Waals surface area contributed by atoms with E-state index in [9.17, 15) is 14.4 Å². The van der Waals surface area contributed by atoms with Crippen LogP contribution in [0.2, 0.25) is 10.0 Å². The van der Waals surface area contributed by atoms with Crippen LogP contribution in [-0.2, 0) is 9.53 Å². The smallest absolute Gasteiger partial charge is 0.321 e. The van der Waals surface area contributed by atoms with Crippen molar-refractivity contribution in [3.05, 3.63) is 58.3 Å². The Morgan fingerprint density at radius 2 is 1.81 bits per heavy atom. The Hall–Kier alpha value is -4.02. The van der Waals surface area contributed by atoms with Crippen molar-refractivity contribution < 1.29 is 28.3 Å². The van der Waals surface area contributed by atoms with Crippen LogP contribution in [0.15, 0.2) is 47.1 Å². The van der Waals surface area contributed by atoms with E-state index in [-0.39, 0.29) is 34.4 Å². The highest BCUT2D eigenvalue weighted by molar-refractivity contribution is 6.40. The number of carbonyl (C=O) groups is 3. The van der Waals surface area contributed by atoms with Crippen LogP contribution in [0.3, 0.4) is 0 Å². The summed E-state index contributed by atoms with van der Waals surface area (Å²) in [6.45, 7) is 1.38. The van der Waals surface area contributed by atoms with Gasteiger partial charge in [0, 0.05) is 35.3 Å². The van der Waals surface area contributed by atoms with Crippen molar-refractivity contribution in [2.45, 2.75) is 13.3 Å². The molecule has 2 aromatic carbocycles. The van der Waals surface area contributed by atoms with Gasteiger partial charge in [-0.1, -0.05) is 30.1 Å². The van der Waals surface area contributed by atoms with Gasteiger partial charge < -0.3 is 29.8 Å². The summed E-state index contributed by atoms with van der Waals surface area (Å²) < 4.78 is 16.2. The number of aromatic nitrogens is 1. The fourth-order valence-electron chi connectivity index (χ4n) is 3.46. The van der Waals surface area contributed by atoms with Crippen LogP contribution in [0.25, 0.3) is 21.9 Å². The van der Waals surface area contributed by atoms with Crippen molar-refractivity contribution in [2.75, 3.05) is 24.5 Å². The second-order valence-electron chi connectivity index (χ2n) is 7.41. The first-order valence-corrected chi connectivity index (χ1v) is 11.4. The van der Waals surface area contributed by atoms with Crippen molar-refractivity contribution in [1.29, 1.82) is 0 Å². The zero-order valence-electron chi connectivity index (χ0n) is 19.1. The Bertz CT molecular complexity index is 1470. The van der Waals surface area contributed by atoms with Gasteiger partial charge in [-0.05, 0) is 30.3 Å². The molecule has 4 rings (SSSR count). The van der Waals surface area contributed by atoms with Gasteiger partial charge in [-0.3, -0.25) is 14.6 Å². The van der Waals surface area contributed by atoms with Gasteiger partial charge in [-0.2, -0.15) is 0 Å². The number of methoxy groups -OCH3 is 1. The molecule has 4 aromatic rings. The summed E-state index contributed by atoms with van der Waals surface area (Å²) in [6.07, 6.45) is 2.94. The van der Waals surface area contributed by atoms with E-state index in [0.29, 0.717) is 33.4 Å². The number of pyridine rings is 1. The monoisotopic (exact) mass is 530 g/mol. The molecule has 0 atom stereocenters. The molecule has 0 aliphatic carbocycles. The Labute approximate surface area is 214 Å². The Morgan fingerprint density at radius 3 is 2.50 bits per heavy atom. The number of benzene rings is 2. The van der Waals surface area contributed by atoms with Crippen LogP contribution >= 0.6 is 23.2 Å². The number of halogens is 2. The van der Waals surface area contributed by atoms with Crippen LogP contribution in [0, 0.1) is 0 Å². The van der Waals surface area contributed by atoms with E-state index >= 15 is 0 Å². The number of nitrogens with one attached hydrogen (secondary N) is 3. The fraction of sp³-hybridized carbons (Fsp3) is 0.167. The number of furan rings is 1. The topological polar surface area (TPSA) is 132 Å². The molecule has 12 heteroatoms. The Morgan fingerprint density at radius 1 is 1.06 bits per heavy atom. The van der Waals surface area contributed by atoms with Crippen LogP contribution in [-0.4, -0.2) is 36.7 Å². The van der Waals surface area contributed by atoms with Gasteiger partial charge in [0.25, 0.3) is 5.91 Å². The van der Waals surface area contributed by atoms with Gasteiger partial charge in [0.05, 0.1) is 28.4 Å². The molecule has 0 saturated heterocycles. The number of fused-ring (bicyclic) bond motifs is 3. The number of carbonyl (C=O) groups excluding carboxylic acids is 3. The minimum absolute atomic E-state index is 0.180. The number of urea groups is 1. The molecule has 3 amide bonds. The van der Waals surface area contributed by atoms with Crippen LogP contribution in [0.1, 0.15) is 23.7 Å². The first-order valence-electron chi connectivity index (χ1n) is 10.7. The molecule has 0 spiro atoms. The number of hydrogen-bond acceptors (Lipinski definition) is 7. The van der Waals surface area contributed by atoms with E-state index in [0.717, 1.165) is 0 Å². The standard InChI is InChI=1S/C24H20Cl2N4O6/c1-3-19(31)35-11-28-24(33)29-12-4-6-17-14(8-12)20-13(5-7-18(34-2)22(20)36-17)23(32)30-21-15(25)9-27-10-16(21)26/h4-10H,3,11H2,1-2H3,(H,27,30,32)(H2,28,29,33). The van der Waals surface area contributed by atoms with E-state index in [1.165, 1.54) is 19.5 Å². The molecule has 10 nitrogen and oxygen atoms in total. The van der Waals surface area contributed by atoms with E-state index < -0.39 is 17.9 Å². The second kappa shape index (κ2) is 10.7. The van der Waals surface area contributed by atoms with Crippen molar-refractivity contribution in [1.82, 2.24) is 10.3 Å². The predicted octanol–water partition coefficient (Wildman–Crippen LogP) is 5.58. The Balaban J connectivity index is 1.69. The lowest BCUT2D eigenvalue weighted by molar-refractivity contribution is -0.143. The number of nitrogens with zero attached hydrogens (tertiary/aromatic N) is 1. The maximum absolute atomic E-state index is 13.3. The van der Waals surface area contributed by atoms with Crippen LogP contribution < -0.4 is 20.7 Å². The molecular formula is C24H20Cl2N4O6. The first kappa shape index (κ1) is 25.1. The lowest BCUT2D eigenvalue weighted by Gasteiger charge is -2.11. The van der Waals surface area contributed by atoms with Gasteiger partial charge in [-0.25, -0.2) is 4.79 Å². The zero-order chi connectivity index (χ0) is 25.8. The summed E-state index contributed by atoms with van der Waals surface area (Å²) in [4.78, 5) is 40.6. The SMILES string of the molecule is CCC(=O)OCNC(=O)Nc1ccc2oc3c(OC)ccc(C(=O)Nc4c(Cl)cncc4Cl)c3c2c1. The summed E-state index contributed by atoms with van der Waals surface area (Å²) in [5.74, 6) is -0.507. The number of amides is 3. The summed E-state index contributed by atoms with van der Waals surface area (Å²) in [5.41, 5.74) is 1.71. The predicted molar refractivity (Wildman–Crippen MR) is 136 cm³/mol. The summed E-state index contributed by atoms with van der Waals surface area (Å²) in [6, 6.07) is 7.55. The normalized spacial score (nSPS) is 10.8. The van der Waals surface area contributed by atoms with Gasteiger partial charge in [0.2, 0.25) is 0 Å². The number of hydrogen-bond donors (Lipinski definition) is 3. The fourth-order valence-corrected chi connectivity index (χ4v) is 3.91. The van der Waals surface area contributed by atoms with Crippen molar-refractivity contribution in [3.63, 3.8) is 0 Å². The molecule has 0 radical (unpaired) electrons. The third kappa shape index (κ3) is 5.14. The molecule has 0 aliphatic rings.